The van der Waals surface area contributed by atoms with Crippen molar-refractivity contribution in [3.63, 3.8) is 0 Å². The molecule has 0 amide bonds. The van der Waals surface area contributed by atoms with Gasteiger partial charge in [-0.15, -0.1) is 0 Å². The molecule has 1 aromatic carbocycles. The summed E-state index contributed by atoms with van der Waals surface area (Å²) in [5, 5.41) is 9.01. The van der Waals surface area contributed by atoms with Crippen molar-refractivity contribution in [2.45, 2.75) is 6.92 Å². The van der Waals surface area contributed by atoms with Crippen molar-refractivity contribution in [2.24, 2.45) is 0 Å². The molecular weight excluding hydrogens is 161 g/mol. The minimum absolute atomic E-state index is 0.00694. The lowest BCUT2D eigenvalue weighted by atomic mass is 10.1. The number of nitrogen functional groups attached to an aromatic ring is 1. The van der Waals surface area contributed by atoms with Crippen LogP contribution in [-0.4, -0.2) is 10.9 Å². The summed E-state index contributed by atoms with van der Waals surface area (Å²) in [7, 11) is 0. The molecule has 0 saturated heterocycles. The first-order valence-electron chi connectivity index (χ1n) is 3.31. The van der Waals surface area contributed by atoms with E-state index in [4.69, 9.17) is 10.8 Å². The molecule has 0 radical (unpaired) electrons. The number of aromatic hydroxyl groups is 1. The van der Waals surface area contributed by atoms with Gasteiger partial charge < -0.3 is 10.8 Å². The van der Waals surface area contributed by atoms with Crippen LogP contribution >= 0.6 is 0 Å². The van der Waals surface area contributed by atoms with Crippen LogP contribution in [-0.2, 0) is 0 Å². The molecule has 12 heavy (non-hydrogen) atoms. The Balaban J connectivity index is 3.37. The summed E-state index contributed by atoms with van der Waals surface area (Å²) in [5.74, 6) is -1.45. The number of phenols is 1. The second-order valence-electron chi connectivity index (χ2n) is 2.44. The minimum Gasteiger partial charge on any atom is -0.506 e. The Morgan fingerprint density at radius 1 is 1.58 bits per heavy atom. The van der Waals surface area contributed by atoms with Crippen LogP contribution in [0.4, 0.5) is 10.1 Å². The Morgan fingerprint density at radius 2 is 2.17 bits per heavy atom. The van der Waals surface area contributed by atoms with Gasteiger partial charge in [0.25, 0.3) is 0 Å². The molecule has 0 spiro atoms. The zero-order valence-electron chi connectivity index (χ0n) is 6.47. The predicted octanol–water partition coefficient (Wildman–Crippen LogP) is 1.32. The monoisotopic (exact) mass is 169 g/mol. The first-order chi connectivity index (χ1) is 5.52. The smallest absolute Gasteiger partial charge is 0.162 e. The van der Waals surface area contributed by atoms with Crippen molar-refractivity contribution in [2.75, 3.05) is 5.73 Å². The van der Waals surface area contributed by atoms with Gasteiger partial charge in [0, 0.05) is 11.6 Å². The van der Waals surface area contributed by atoms with E-state index in [1.165, 1.54) is 6.92 Å². The number of rotatable bonds is 1. The number of hydrogen-bond donors (Lipinski definition) is 2. The fourth-order valence-corrected chi connectivity index (χ4v) is 0.895. The topological polar surface area (TPSA) is 63.3 Å². The Kier molecular flexibility index (Phi) is 1.99. The van der Waals surface area contributed by atoms with Gasteiger partial charge in [-0.1, -0.05) is 0 Å². The molecule has 0 saturated carbocycles. The summed E-state index contributed by atoms with van der Waals surface area (Å²) >= 11 is 0. The zero-order chi connectivity index (χ0) is 9.30. The SMILES string of the molecule is CC(=O)c1cc(F)cc(O)c1N. The number of hydrogen-bond acceptors (Lipinski definition) is 3. The minimum atomic E-state index is -0.674. The first kappa shape index (κ1) is 8.52. The van der Waals surface area contributed by atoms with Gasteiger partial charge in [0.05, 0.1) is 5.69 Å². The van der Waals surface area contributed by atoms with E-state index in [2.05, 4.69) is 0 Å². The highest BCUT2D eigenvalue weighted by molar-refractivity contribution is 6.00. The van der Waals surface area contributed by atoms with Crippen LogP contribution in [0.5, 0.6) is 5.75 Å². The lowest BCUT2D eigenvalue weighted by molar-refractivity contribution is 0.101. The fourth-order valence-electron chi connectivity index (χ4n) is 0.895. The summed E-state index contributed by atoms with van der Waals surface area (Å²) < 4.78 is 12.6. The molecule has 0 heterocycles. The molecule has 1 rings (SSSR count). The molecule has 3 nitrogen and oxygen atoms in total. The predicted molar refractivity (Wildman–Crippen MR) is 42.5 cm³/mol. The van der Waals surface area contributed by atoms with Gasteiger partial charge in [-0.3, -0.25) is 4.79 Å². The highest BCUT2D eigenvalue weighted by Gasteiger charge is 2.10. The highest BCUT2D eigenvalue weighted by Crippen LogP contribution is 2.25. The quantitative estimate of drug-likeness (QED) is 0.378. The molecule has 0 aromatic heterocycles. The van der Waals surface area contributed by atoms with Crippen molar-refractivity contribution in [1.29, 1.82) is 0 Å². The van der Waals surface area contributed by atoms with Gasteiger partial charge in [-0.25, -0.2) is 4.39 Å². The average Bonchev–Trinajstić information content (AvgIpc) is 1.96. The molecule has 0 atom stereocenters. The van der Waals surface area contributed by atoms with Crippen molar-refractivity contribution >= 4 is 11.5 Å². The maximum atomic E-state index is 12.6. The number of benzene rings is 1. The third kappa shape index (κ3) is 1.37. The van der Waals surface area contributed by atoms with E-state index < -0.39 is 11.6 Å². The fraction of sp³-hybridized carbons (Fsp3) is 0.125. The second kappa shape index (κ2) is 2.81. The van der Waals surface area contributed by atoms with Gasteiger partial charge in [0.2, 0.25) is 0 Å². The molecule has 0 aliphatic heterocycles. The molecule has 4 heteroatoms. The standard InChI is InChI=1S/C8H8FNO2/c1-4(11)6-2-5(9)3-7(12)8(6)10/h2-3,12H,10H2,1H3. The van der Waals surface area contributed by atoms with Crippen molar-refractivity contribution in [3.05, 3.63) is 23.5 Å². The summed E-state index contributed by atoms with van der Waals surface area (Å²) in [6.07, 6.45) is 0. The van der Waals surface area contributed by atoms with Gasteiger partial charge in [-0.2, -0.15) is 0 Å². The zero-order valence-corrected chi connectivity index (χ0v) is 6.47. The molecule has 0 aliphatic carbocycles. The molecule has 64 valence electrons. The van der Waals surface area contributed by atoms with Crippen LogP contribution in [0.2, 0.25) is 0 Å². The van der Waals surface area contributed by atoms with Gasteiger partial charge in [0.15, 0.2) is 5.78 Å². The highest BCUT2D eigenvalue weighted by atomic mass is 19.1. The number of Topliss-reactive ketones (excluding diaryl/α,β-unsaturated/α-hetero) is 1. The van der Waals surface area contributed by atoms with Crippen LogP contribution in [0.3, 0.4) is 0 Å². The van der Waals surface area contributed by atoms with Crippen LogP contribution in [0.1, 0.15) is 17.3 Å². The molecule has 0 fully saturated rings. The normalized spacial score (nSPS) is 9.83. The Morgan fingerprint density at radius 3 is 2.67 bits per heavy atom. The Bertz CT molecular complexity index is 336. The number of carbonyl (C=O) groups excluding carboxylic acids is 1. The van der Waals surface area contributed by atoms with E-state index in [0.717, 1.165) is 12.1 Å². The average molecular weight is 169 g/mol. The van der Waals surface area contributed by atoms with E-state index in [0.29, 0.717) is 0 Å². The van der Waals surface area contributed by atoms with Crippen molar-refractivity contribution in [3.8, 4) is 5.75 Å². The van der Waals surface area contributed by atoms with E-state index in [9.17, 15) is 9.18 Å². The van der Waals surface area contributed by atoms with Crippen molar-refractivity contribution < 1.29 is 14.3 Å². The summed E-state index contributed by atoms with van der Waals surface area (Å²) in [6.45, 7) is 1.25. The summed E-state index contributed by atoms with van der Waals surface area (Å²) in [5.41, 5.74) is 5.24. The molecule has 1 aromatic rings. The number of ketones is 1. The lowest BCUT2D eigenvalue weighted by Crippen LogP contribution is -2.00. The van der Waals surface area contributed by atoms with Gasteiger partial charge in [-0.05, 0) is 13.0 Å². The Hall–Kier alpha value is -1.58. The number of halogens is 1. The lowest BCUT2D eigenvalue weighted by Gasteiger charge is -2.03. The molecule has 0 bridgehead atoms. The largest absolute Gasteiger partial charge is 0.506 e. The number of anilines is 1. The number of carbonyl (C=O) groups is 1. The van der Waals surface area contributed by atoms with E-state index in [1.54, 1.807) is 0 Å². The summed E-state index contributed by atoms with van der Waals surface area (Å²) in [6, 6.07) is 1.86. The van der Waals surface area contributed by atoms with Crippen LogP contribution in [0.25, 0.3) is 0 Å². The Labute approximate surface area is 68.6 Å². The molecule has 0 aliphatic rings. The summed E-state index contributed by atoms with van der Waals surface area (Å²) in [4.78, 5) is 10.8. The molecular formula is C8H8FNO2. The number of phenolic OH excluding ortho intramolecular Hbond substituents is 1. The maximum absolute atomic E-state index is 12.6. The first-order valence-corrected chi connectivity index (χ1v) is 3.31. The van der Waals surface area contributed by atoms with Crippen LogP contribution < -0.4 is 5.73 Å². The van der Waals surface area contributed by atoms with E-state index in [1.807, 2.05) is 0 Å². The molecule has 0 unspecified atom stereocenters. The van der Waals surface area contributed by atoms with Crippen LogP contribution in [0.15, 0.2) is 12.1 Å². The van der Waals surface area contributed by atoms with Crippen molar-refractivity contribution in [1.82, 2.24) is 0 Å². The van der Waals surface area contributed by atoms with Crippen LogP contribution in [0, 0.1) is 5.82 Å². The third-order valence-corrected chi connectivity index (χ3v) is 1.50. The van der Waals surface area contributed by atoms with Gasteiger partial charge >= 0.3 is 0 Å². The molecule has 3 N–H and O–H groups in total. The maximum Gasteiger partial charge on any atom is 0.162 e. The van der Waals surface area contributed by atoms with E-state index >= 15 is 0 Å². The number of nitrogens with two attached hydrogens (primary N) is 1. The third-order valence-electron chi connectivity index (χ3n) is 1.50. The van der Waals surface area contributed by atoms with Gasteiger partial charge in [0.1, 0.15) is 11.6 Å². The second-order valence-corrected chi connectivity index (χ2v) is 2.44. The van der Waals surface area contributed by atoms with E-state index in [-0.39, 0.29) is 17.0 Å².